The molecule has 0 aliphatic heterocycles. The van der Waals surface area contributed by atoms with Gasteiger partial charge in [0, 0.05) is 19.0 Å². The van der Waals surface area contributed by atoms with Crippen LogP contribution < -0.4 is 9.62 Å². The van der Waals surface area contributed by atoms with Crippen LogP contribution >= 0.6 is 0 Å². The number of hydrogen-bond acceptors (Lipinski definition) is 4. The average molecular weight is 602 g/mol. The van der Waals surface area contributed by atoms with Gasteiger partial charge in [0.1, 0.15) is 18.4 Å². The Hall–Kier alpha value is -4.50. The zero-order valence-electron chi connectivity index (χ0n) is 24.5. The molecule has 0 saturated carbocycles. The largest absolute Gasteiger partial charge is 0.352 e. The number of anilines is 1. The molecule has 1 N–H and O–H groups in total. The van der Waals surface area contributed by atoms with E-state index in [1.165, 1.54) is 29.2 Å². The number of benzene rings is 4. The van der Waals surface area contributed by atoms with Crippen molar-refractivity contribution in [1.29, 1.82) is 0 Å². The first-order valence-electron chi connectivity index (χ1n) is 14.1. The van der Waals surface area contributed by atoms with Crippen molar-refractivity contribution in [3.8, 4) is 0 Å². The lowest BCUT2D eigenvalue weighted by Crippen LogP contribution is -2.54. The number of rotatable bonds is 12. The molecule has 0 heterocycles. The van der Waals surface area contributed by atoms with Crippen molar-refractivity contribution >= 4 is 27.5 Å². The van der Waals surface area contributed by atoms with Crippen molar-refractivity contribution < 1.29 is 22.4 Å². The molecule has 4 aromatic carbocycles. The minimum absolute atomic E-state index is 0.0326. The highest BCUT2D eigenvalue weighted by molar-refractivity contribution is 7.92. The van der Waals surface area contributed by atoms with Gasteiger partial charge in [0.2, 0.25) is 11.8 Å². The topological polar surface area (TPSA) is 86.8 Å². The van der Waals surface area contributed by atoms with Gasteiger partial charge in [0.15, 0.2) is 0 Å². The molecule has 0 radical (unpaired) electrons. The predicted octanol–water partition coefficient (Wildman–Crippen LogP) is 5.49. The van der Waals surface area contributed by atoms with Crippen molar-refractivity contribution in [3.63, 3.8) is 0 Å². The van der Waals surface area contributed by atoms with E-state index >= 15 is 0 Å². The molecule has 0 saturated heterocycles. The standard InChI is InChI=1S/C34H36FN3O4S/c1-25(2)36-34(40)32(22-27-12-6-4-7-13-27)37(23-28-17-19-29(35)20-18-28)33(39)24-38(30-14-10-11-26(3)21-30)43(41,42)31-15-8-5-9-16-31/h4-21,25,32H,22-24H2,1-3H3,(H,36,40)/t32-/m0/s1. The Balaban J connectivity index is 1.80. The lowest BCUT2D eigenvalue weighted by Gasteiger charge is -2.34. The molecule has 0 fully saturated rings. The summed E-state index contributed by atoms with van der Waals surface area (Å²) in [5.74, 6) is -1.38. The molecular weight excluding hydrogens is 565 g/mol. The van der Waals surface area contributed by atoms with Crippen molar-refractivity contribution in [3.05, 3.63) is 132 Å². The minimum Gasteiger partial charge on any atom is -0.352 e. The molecule has 0 unspecified atom stereocenters. The molecule has 0 aliphatic carbocycles. The smallest absolute Gasteiger partial charge is 0.264 e. The second kappa shape index (κ2) is 14.1. The Bertz CT molecular complexity index is 1630. The van der Waals surface area contributed by atoms with Gasteiger partial charge >= 0.3 is 0 Å². The normalized spacial score (nSPS) is 12.0. The SMILES string of the molecule is Cc1cccc(N(CC(=O)N(Cc2ccc(F)cc2)[C@@H](Cc2ccccc2)C(=O)NC(C)C)S(=O)(=O)c2ccccc2)c1. The number of nitrogens with one attached hydrogen (secondary N) is 1. The van der Waals surface area contributed by atoms with Crippen LogP contribution in [0.15, 0.2) is 114 Å². The quantitative estimate of drug-likeness (QED) is 0.233. The number of nitrogens with zero attached hydrogens (tertiary/aromatic N) is 2. The first-order valence-corrected chi connectivity index (χ1v) is 15.5. The molecular formula is C34H36FN3O4S. The van der Waals surface area contributed by atoms with Crippen LogP contribution in [0.4, 0.5) is 10.1 Å². The summed E-state index contributed by atoms with van der Waals surface area (Å²) in [5.41, 5.74) is 2.57. The van der Waals surface area contributed by atoms with Crippen LogP contribution in [0.1, 0.15) is 30.5 Å². The molecule has 43 heavy (non-hydrogen) atoms. The molecule has 0 aliphatic rings. The van der Waals surface area contributed by atoms with Crippen LogP contribution in [0, 0.1) is 12.7 Å². The van der Waals surface area contributed by atoms with Crippen LogP contribution in [0.2, 0.25) is 0 Å². The molecule has 1 atom stereocenters. The van der Waals surface area contributed by atoms with Crippen LogP contribution in [0.5, 0.6) is 0 Å². The van der Waals surface area contributed by atoms with Gasteiger partial charge in [-0.3, -0.25) is 13.9 Å². The maximum atomic E-state index is 14.3. The summed E-state index contributed by atoms with van der Waals surface area (Å²) in [6.07, 6.45) is 0.197. The van der Waals surface area contributed by atoms with Crippen molar-refractivity contribution in [2.45, 2.75) is 50.7 Å². The van der Waals surface area contributed by atoms with E-state index in [1.54, 1.807) is 48.5 Å². The maximum Gasteiger partial charge on any atom is 0.264 e. The molecule has 0 spiro atoms. The van der Waals surface area contributed by atoms with E-state index in [2.05, 4.69) is 5.32 Å². The first kappa shape index (κ1) is 31.4. The summed E-state index contributed by atoms with van der Waals surface area (Å²) in [7, 11) is -4.17. The lowest BCUT2D eigenvalue weighted by molar-refractivity contribution is -0.140. The van der Waals surface area contributed by atoms with Gasteiger partial charge in [-0.25, -0.2) is 12.8 Å². The fraction of sp³-hybridized carbons (Fsp3) is 0.235. The zero-order chi connectivity index (χ0) is 31.0. The van der Waals surface area contributed by atoms with Crippen LogP contribution in [0.3, 0.4) is 0 Å². The van der Waals surface area contributed by atoms with Gasteiger partial charge in [-0.05, 0) is 73.9 Å². The van der Waals surface area contributed by atoms with E-state index in [1.807, 2.05) is 57.2 Å². The Kier molecular flexibility index (Phi) is 10.3. The first-order chi connectivity index (χ1) is 20.5. The molecule has 9 heteroatoms. The number of aryl methyl sites for hydroxylation is 1. The number of halogens is 1. The van der Waals surface area contributed by atoms with Gasteiger partial charge in [-0.2, -0.15) is 0 Å². The summed E-state index contributed by atoms with van der Waals surface area (Å²) in [4.78, 5) is 29.4. The van der Waals surface area contributed by atoms with Gasteiger partial charge in [0.05, 0.1) is 10.6 Å². The number of sulfonamides is 1. The van der Waals surface area contributed by atoms with Crippen LogP contribution in [-0.2, 0) is 32.6 Å². The Labute approximate surface area is 253 Å². The minimum atomic E-state index is -4.17. The highest BCUT2D eigenvalue weighted by atomic mass is 32.2. The molecule has 224 valence electrons. The zero-order valence-corrected chi connectivity index (χ0v) is 25.3. The lowest BCUT2D eigenvalue weighted by atomic mass is 10.0. The van der Waals surface area contributed by atoms with Crippen molar-refractivity contribution in [2.75, 3.05) is 10.8 Å². The summed E-state index contributed by atoms with van der Waals surface area (Å²) >= 11 is 0. The van der Waals surface area contributed by atoms with Crippen LogP contribution in [-0.4, -0.2) is 43.8 Å². The Morgan fingerprint density at radius 3 is 2.05 bits per heavy atom. The molecule has 7 nitrogen and oxygen atoms in total. The third-order valence-corrected chi connectivity index (χ3v) is 8.66. The molecule has 4 aromatic rings. The highest BCUT2D eigenvalue weighted by Gasteiger charge is 2.34. The van der Waals surface area contributed by atoms with E-state index in [0.29, 0.717) is 11.3 Å². The van der Waals surface area contributed by atoms with Gasteiger partial charge in [0.25, 0.3) is 10.0 Å². The summed E-state index contributed by atoms with van der Waals surface area (Å²) < 4.78 is 42.8. The second-order valence-electron chi connectivity index (χ2n) is 10.7. The number of hydrogen-bond donors (Lipinski definition) is 1. The van der Waals surface area contributed by atoms with Gasteiger partial charge in [-0.15, -0.1) is 0 Å². The molecule has 0 bridgehead atoms. The molecule has 0 aromatic heterocycles. The summed E-state index contributed by atoms with van der Waals surface area (Å²) in [5, 5.41) is 2.92. The van der Waals surface area contributed by atoms with Gasteiger partial charge in [-0.1, -0.05) is 72.8 Å². The van der Waals surface area contributed by atoms with E-state index in [-0.39, 0.29) is 29.8 Å². The highest BCUT2D eigenvalue weighted by Crippen LogP contribution is 2.26. The third kappa shape index (κ3) is 8.29. The molecule has 2 amide bonds. The summed E-state index contributed by atoms with van der Waals surface area (Å²) in [6.45, 7) is 4.91. The summed E-state index contributed by atoms with van der Waals surface area (Å²) in [6, 6.07) is 28.6. The number of amides is 2. The second-order valence-corrected chi connectivity index (χ2v) is 12.5. The fourth-order valence-corrected chi connectivity index (χ4v) is 6.18. The monoisotopic (exact) mass is 601 g/mol. The Morgan fingerprint density at radius 2 is 1.44 bits per heavy atom. The van der Waals surface area contributed by atoms with Crippen molar-refractivity contribution in [2.24, 2.45) is 0 Å². The van der Waals surface area contributed by atoms with E-state index in [0.717, 1.165) is 15.4 Å². The third-order valence-electron chi connectivity index (χ3n) is 6.87. The fourth-order valence-electron chi connectivity index (χ4n) is 4.75. The average Bonchev–Trinajstić information content (AvgIpc) is 2.99. The van der Waals surface area contributed by atoms with Crippen molar-refractivity contribution in [1.82, 2.24) is 10.2 Å². The van der Waals surface area contributed by atoms with Crippen LogP contribution in [0.25, 0.3) is 0 Å². The van der Waals surface area contributed by atoms with E-state index < -0.39 is 34.3 Å². The Morgan fingerprint density at radius 1 is 0.814 bits per heavy atom. The van der Waals surface area contributed by atoms with E-state index in [4.69, 9.17) is 0 Å². The number of carbonyl (C=O) groups excluding carboxylic acids is 2. The van der Waals surface area contributed by atoms with Gasteiger partial charge < -0.3 is 10.2 Å². The number of carbonyl (C=O) groups is 2. The molecule has 4 rings (SSSR count). The predicted molar refractivity (Wildman–Crippen MR) is 166 cm³/mol. The van der Waals surface area contributed by atoms with E-state index in [9.17, 15) is 22.4 Å². The maximum absolute atomic E-state index is 14.3.